The SMILES string of the molecule is Cc1cc(C2CCCc3ccccc32)ccc1Cl. The smallest absolute Gasteiger partial charge is 0.0435 e. The van der Waals surface area contributed by atoms with Gasteiger partial charge in [-0.15, -0.1) is 0 Å². The van der Waals surface area contributed by atoms with Gasteiger partial charge in [-0.2, -0.15) is 0 Å². The Kier molecular flexibility index (Phi) is 3.13. The lowest BCUT2D eigenvalue weighted by molar-refractivity contribution is 0.615. The topological polar surface area (TPSA) is 0 Å². The highest BCUT2D eigenvalue weighted by Gasteiger charge is 2.21. The molecule has 2 aromatic rings. The maximum absolute atomic E-state index is 6.12. The second-order valence-electron chi connectivity index (χ2n) is 5.15. The summed E-state index contributed by atoms with van der Waals surface area (Å²) in [5.41, 5.74) is 5.60. The van der Waals surface area contributed by atoms with Crippen LogP contribution in [0.2, 0.25) is 5.02 Å². The first-order valence-corrected chi connectivity index (χ1v) is 6.97. The molecule has 1 atom stereocenters. The summed E-state index contributed by atoms with van der Waals surface area (Å²) >= 11 is 6.12. The normalized spacial score (nSPS) is 18.4. The van der Waals surface area contributed by atoms with Crippen LogP contribution in [0.4, 0.5) is 0 Å². The van der Waals surface area contributed by atoms with Gasteiger partial charge in [0.1, 0.15) is 0 Å². The van der Waals surface area contributed by atoms with Gasteiger partial charge in [-0.25, -0.2) is 0 Å². The molecule has 18 heavy (non-hydrogen) atoms. The van der Waals surface area contributed by atoms with Crippen LogP contribution < -0.4 is 0 Å². The third kappa shape index (κ3) is 2.06. The number of rotatable bonds is 1. The molecule has 0 bridgehead atoms. The number of aryl methyl sites for hydroxylation is 2. The Morgan fingerprint density at radius 3 is 2.78 bits per heavy atom. The molecule has 0 radical (unpaired) electrons. The highest BCUT2D eigenvalue weighted by atomic mass is 35.5. The fourth-order valence-electron chi connectivity index (χ4n) is 2.98. The molecule has 0 saturated carbocycles. The molecule has 92 valence electrons. The first-order chi connectivity index (χ1) is 8.75. The minimum absolute atomic E-state index is 0.547. The summed E-state index contributed by atoms with van der Waals surface area (Å²) in [6.45, 7) is 2.08. The van der Waals surface area contributed by atoms with Crippen LogP contribution in [-0.2, 0) is 6.42 Å². The zero-order valence-corrected chi connectivity index (χ0v) is 11.4. The third-order valence-electron chi connectivity index (χ3n) is 3.95. The molecule has 0 saturated heterocycles. The van der Waals surface area contributed by atoms with Gasteiger partial charge in [-0.1, -0.05) is 48.0 Å². The first-order valence-electron chi connectivity index (χ1n) is 6.59. The Labute approximate surface area is 114 Å². The zero-order valence-electron chi connectivity index (χ0n) is 10.6. The Bertz CT molecular complexity index is 572. The van der Waals surface area contributed by atoms with Crippen LogP contribution in [0.15, 0.2) is 42.5 Å². The molecule has 0 N–H and O–H groups in total. The van der Waals surface area contributed by atoms with E-state index in [0.717, 1.165) is 5.02 Å². The zero-order chi connectivity index (χ0) is 12.5. The van der Waals surface area contributed by atoms with Gasteiger partial charge in [0.2, 0.25) is 0 Å². The lowest BCUT2D eigenvalue weighted by Gasteiger charge is -2.26. The molecule has 1 aliphatic rings. The molecule has 0 amide bonds. The van der Waals surface area contributed by atoms with E-state index < -0.39 is 0 Å². The van der Waals surface area contributed by atoms with Crippen molar-refractivity contribution in [2.45, 2.75) is 32.1 Å². The Morgan fingerprint density at radius 2 is 1.94 bits per heavy atom. The summed E-state index contributed by atoms with van der Waals surface area (Å²) in [7, 11) is 0. The highest BCUT2D eigenvalue weighted by molar-refractivity contribution is 6.31. The summed E-state index contributed by atoms with van der Waals surface area (Å²) in [6.07, 6.45) is 3.75. The molecule has 3 rings (SSSR count). The molecule has 0 fully saturated rings. The number of halogens is 1. The van der Waals surface area contributed by atoms with Gasteiger partial charge < -0.3 is 0 Å². The monoisotopic (exact) mass is 256 g/mol. The van der Waals surface area contributed by atoms with Gasteiger partial charge in [0.25, 0.3) is 0 Å². The third-order valence-corrected chi connectivity index (χ3v) is 4.38. The Balaban J connectivity index is 2.05. The molecule has 1 aliphatic carbocycles. The van der Waals surface area contributed by atoms with Crippen LogP contribution in [0, 0.1) is 6.92 Å². The highest BCUT2D eigenvalue weighted by Crippen LogP contribution is 2.37. The molecule has 1 unspecified atom stereocenters. The Morgan fingerprint density at radius 1 is 1.11 bits per heavy atom. The number of fused-ring (bicyclic) bond motifs is 1. The predicted molar refractivity (Wildman–Crippen MR) is 77.4 cm³/mol. The van der Waals surface area contributed by atoms with E-state index in [1.54, 1.807) is 0 Å². The molecule has 2 aromatic carbocycles. The van der Waals surface area contributed by atoms with Crippen LogP contribution >= 0.6 is 11.6 Å². The second kappa shape index (κ2) is 4.78. The van der Waals surface area contributed by atoms with E-state index in [4.69, 9.17) is 11.6 Å². The summed E-state index contributed by atoms with van der Waals surface area (Å²) in [4.78, 5) is 0. The van der Waals surface area contributed by atoms with Gasteiger partial charge in [-0.05, 0) is 54.5 Å². The van der Waals surface area contributed by atoms with Crippen LogP contribution in [0.25, 0.3) is 0 Å². The predicted octanol–water partition coefficient (Wildman–Crippen LogP) is 5.12. The van der Waals surface area contributed by atoms with Crippen LogP contribution in [0.1, 0.15) is 41.0 Å². The molecular formula is C17H17Cl. The standard InChI is InChI=1S/C17H17Cl/c1-12-11-14(9-10-17(12)18)16-8-4-6-13-5-2-3-7-15(13)16/h2-3,5,7,9-11,16H,4,6,8H2,1H3. The van der Waals surface area contributed by atoms with Gasteiger partial charge in [-0.3, -0.25) is 0 Å². The quantitative estimate of drug-likeness (QED) is 0.665. The summed E-state index contributed by atoms with van der Waals surface area (Å²) in [6, 6.07) is 15.3. The van der Waals surface area contributed by atoms with Crippen molar-refractivity contribution in [1.29, 1.82) is 0 Å². The molecule has 0 spiro atoms. The molecule has 1 heteroatoms. The first kappa shape index (κ1) is 11.8. The van der Waals surface area contributed by atoms with Crippen molar-refractivity contribution in [3.63, 3.8) is 0 Å². The summed E-state index contributed by atoms with van der Waals surface area (Å²) in [5.74, 6) is 0.547. The molecule has 0 aromatic heterocycles. The minimum atomic E-state index is 0.547. The van der Waals surface area contributed by atoms with Crippen molar-refractivity contribution >= 4 is 11.6 Å². The van der Waals surface area contributed by atoms with Crippen molar-refractivity contribution < 1.29 is 0 Å². The van der Waals surface area contributed by atoms with E-state index in [2.05, 4.69) is 43.3 Å². The molecular weight excluding hydrogens is 240 g/mol. The summed E-state index contributed by atoms with van der Waals surface area (Å²) < 4.78 is 0. The second-order valence-corrected chi connectivity index (χ2v) is 5.56. The van der Waals surface area contributed by atoms with Gasteiger partial charge in [0.05, 0.1) is 0 Å². The van der Waals surface area contributed by atoms with E-state index in [0.29, 0.717) is 5.92 Å². The van der Waals surface area contributed by atoms with E-state index in [9.17, 15) is 0 Å². The van der Waals surface area contributed by atoms with Gasteiger partial charge in [0.15, 0.2) is 0 Å². The molecule has 0 heterocycles. The minimum Gasteiger partial charge on any atom is -0.0841 e. The van der Waals surface area contributed by atoms with Crippen LogP contribution in [-0.4, -0.2) is 0 Å². The maximum Gasteiger partial charge on any atom is 0.0435 e. The van der Waals surface area contributed by atoms with Crippen molar-refractivity contribution in [2.75, 3.05) is 0 Å². The van der Waals surface area contributed by atoms with Gasteiger partial charge >= 0.3 is 0 Å². The average Bonchev–Trinajstić information content (AvgIpc) is 2.41. The van der Waals surface area contributed by atoms with Crippen molar-refractivity contribution in [3.05, 3.63) is 69.7 Å². The van der Waals surface area contributed by atoms with E-state index in [1.807, 2.05) is 6.07 Å². The fourth-order valence-corrected chi connectivity index (χ4v) is 3.10. The maximum atomic E-state index is 6.12. The van der Waals surface area contributed by atoms with Crippen molar-refractivity contribution in [2.24, 2.45) is 0 Å². The van der Waals surface area contributed by atoms with E-state index >= 15 is 0 Å². The van der Waals surface area contributed by atoms with Crippen molar-refractivity contribution in [1.82, 2.24) is 0 Å². The fraction of sp³-hybridized carbons (Fsp3) is 0.294. The van der Waals surface area contributed by atoms with E-state index in [1.165, 1.54) is 41.5 Å². The number of hydrogen-bond acceptors (Lipinski definition) is 0. The number of benzene rings is 2. The number of hydrogen-bond donors (Lipinski definition) is 0. The lowest BCUT2D eigenvalue weighted by Crippen LogP contribution is -2.10. The summed E-state index contributed by atoms with van der Waals surface area (Å²) in [5, 5.41) is 0.864. The average molecular weight is 257 g/mol. The van der Waals surface area contributed by atoms with Crippen molar-refractivity contribution in [3.8, 4) is 0 Å². The molecule has 0 nitrogen and oxygen atoms in total. The van der Waals surface area contributed by atoms with E-state index in [-0.39, 0.29) is 0 Å². The largest absolute Gasteiger partial charge is 0.0841 e. The van der Waals surface area contributed by atoms with Gasteiger partial charge in [0, 0.05) is 10.9 Å². The molecule has 0 aliphatic heterocycles. The Hall–Kier alpha value is -1.27. The van der Waals surface area contributed by atoms with Crippen LogP contribution in [0.3, 0.4) is 0 Å². The van der Waals surface area contributed by atoms with Crippen LogP contribution in [0.5, 0.6) is 0 Å². The lowest BCUT2D eigenvalue weighted by atomic mass is 9.79.